The van der Waals surface area contributed by atoms with Gasteiger partial charge in [-0.05, 0) is 38.2 Å². The maximum atomic E-state index is 13.7. The number of halogens is 1. The SMILES string of the molecule is CSC1(CNC(=O)c2cc(N)c(C)c(F)c2)CCCCC1. The van der Waals surface area contributed by atoms with Crippen LogP contribution in [0.1, 0.15) is 48.0 Å². The first kappa shape index (κ1) is 16.1. The number of anilines is 1. The number of rotatable bonds is 4. The predicted octanol–water partition coefficient (Wildman–Crippen LogP) is 3.51. The van der Waals surface area contributed by atoms with Crippen LogP contribution in [0.15, 0.2) is 12.1 Å². The highest BCUT2D eigenvalue weighted by atomic mass is 32.2. The van der Waals surface area contributed by atoms with Crippen LogP contribution in [0.4, 0.5) is 10.1 Å². The average Bonchev–Trinajstić information content (AvgIpc) is 2.50. The van der Waals surface area contributed by atoms with Gasteiger partial charge in [-0.3, -0.25) is 4.79 Å². The van der Waals surface area contributed by atoms with Gasteiger partial charge < -0.3 is 11.1 Å². The molecular formula is C16H23FN2OS. The van der Waals surface area contributed by atoms with Crippen molar-refractivity contribution >= 4 is 23.4 Å². The van der Waals surface area contributed by atoms with Crippen molar-refractivity contribution in [1.29, 1.82) is 0 Å². The fourth-order valence-corrected chi connectivity index (χ4v) is 3.74. The van der Waals surface area contributed by atoms with E-state index in [1.165, 1.54) is 25.3 Å². The lowest BCUT2D eigenvalue weighted by Crippen LogP contribution is -2.41. The second kappa shape index (κ2) is 6.69. The molecule has 21 heavy (non-hydrogen) atoms. The first-order chi connectivity index (χ1) is 9.97. The van der Waals surface area contributed by atoms with E-state index in [2.05, 4.69) is 11.6 Å². The van der Waals surface area contributed by atoms with Crippen LogP contribution in [0.25, 0.3) is 0 Å². The van der Waals surface area contributed by atoms with Crippen molar-refractivity contribution in [3.8, 4) is 0 Å². The summed E-state index contributed by atoms with van der Waals surface area (Å²) in [6.07, 6.45) is 8.04. The molecule has 3 N–H and O–H groups in total. The van der Waals surface area contributed by atoms with Gasteiger partial charge >= 0.3 is 0 Å². The fraction of sp³-hybridized carbons (Fsp3) is 0.562. The van der Waals surface area contributed by atoms with Crippen LogP contribution < -0.4 is 11.1 Å². The van der Waals surface area contributed by atoms with Gasteiger partial charge in [0.1, 0.15) is 5.82 Å². The van der Waals surface area contributed by atoms with Gasteiger partial charge in [-0.15, -0.1) is 0 Å². The molecule has 116 valence electrons. The highest BCUT2D eigenvalue weighted by molar-refractivity contribution is 8.00. The van der Waals surface area contributed by atoms with Gasteiger partial charge in [0.05, 0.1) is 0 Å². The number of nitrogens with two attached hydrogens (primary N) is 1. The minimum atomic E-state index is -0.433. The van der Waals surface area contributed by atoms with E-state index in [1.54, 1.807) is 13.0 Å². The molecule has 0 bridgehead atoms. The summed E-state index contributed by atoms with van der Waals surface area (Å²) in [6, 6.07) is 2.80. The number of thioether (sulfide) groups is 1. The molecule has 3 nitrogen and oxygen atoms in total. The van der Waals surface area contributed by atoms with Crippen molar-refractivity contribution in [2.75, 3.05) is 18.5 Å². The Balaban J connectivity index is 2.04. The van der Waals surface area contributed by atoms with Crippen LogP contribution in [0.3, 0.4) is 0 Å². The third-order valence-corrected chi connectivity index (χ3v) is 5.83. The van der Waals surface area contributed by atoms with E-state index in [9.17, 15) is 9.18 Å². The number of carbonyl (C=O) groups excluding carboxylic acids is 1. The van der Waals surface area contributed by atoms with Gasteiger partial charge in [0.25, 0.3) is 5.91 Å². The molecule has 0 aliphatic heterocycles. The first-order valence-corrected chi connectivity index (χ1v) is 8.59. The normalized spacial score (nSPS) is 17.5. The predicted molar refractivity (Wildman–Crippen MR) is 87.2 cm³/mol. The Bertz CT molecular complexity index is 504. The summed E-state index contributed by atoms with van der Waals surface area (Å²) >= 11 is 1.83. The summed E-state index contributed by atoms with van der Waals surface area (Å²) in [7, 11) is 0. The molecule has 1 saturated carbocycles. The lowest BCUT2D eigenvalue weighted by atomic mass is 9.88. The van der Waals surface area contributed by atoms with E-state index in [1.807, 2.05) is 11.8 Å². The molecule has 1 aliphatic carbocycles. The van der Waals surface area contributed by atoms with Crippen molar-refractivity contribution in [2.24, 2.45) is 0 Å². The summed E-state index contributed by atoms with van der Waals surface area (Å²) in [6.45, 7) is 2.24. The molecule has 1 amide bonds. The maximum absolute atomic E-state index is 13.7. The van der Waals surface area contributed by atoms with Crippen LogP contribution in [0.5, 0.6) is 0 Å². The van der Waals surface area contributed by atoms with E-state index >= 15 is 0 Å². The van der Waals surface area contributed by atoms with E-state index in [0.717, 1.165) is 12.8 Å². The van der Waals surface area contributed by atoms with Crippen molar-refractivity contribution in [3.05, 3.63) is 29.1 Å². The molecule has 0 atom stereocenters. The molecule has 0 heterocycles. The summed E-state index contributed by atoms with van der Waals surface area (Å²) < 4.78 is 13.8. The lowest BCUT2D eigenvalue weighted by Gasteiger charge is -2.35. The Hall–Kier alpha value is -1.23. The van der Waals surface area contributed by atoms with Crippen LogP contribution >= 0.6 is 11.8 Å². The van der Waals surface area contributed by atoms with Crippen LogP contribution in [0.2, 0.25) is 0 Å². The third-order valence-electron chi connectivity index (χ3n) is 4.42. The topological polar surface area (TPSA) is 55.1 Å². The largest absolute Gasteiger partial charge is 0.398 e. The molecule has 5 heteroatoms. The standard InChI is InChI=1S/C16H23FN2OS/c1-11-13(17)8-12(9-14(11)18)15(20)19-10-16(21-2)6-4-3-5-7-16/h8-9H,3-7,10,18H2,1-2H3,(H,19,20). The van der Waals surface area contributed by atoms with Gasteiger partial charge in [0, 0.05) is 28.1 Å². The van der Waals surface area contributed by atoms with Gasteiger partial charge in [-0.2, -0.15) is 11.8 Å². The number of benzene rings is 1. The highest BCUT2D eigenvalue weighted by Gasteiger charge is 2.31. The van der Waals surface area contributed by atoms with E-state index in [4.69, 9.17) is 5.73 Å². The zero-order valence-electron chi connectivity index (χ0n) is 12.7. The van der Waals surface area contributed by atoms with Crippen LogP contribution in [-0.4, -0.2) is 23.5 Å². The fourth-order valence-electron chi connectivity index (χ4n) is 2.82. The Morgan fingerprint density at radius 3 is 2.62 bits per heavy atom. The molecule has 0 spiro atoms. The maximum Gasteiger partial charge on any atom is 0.251 e. The zero-order valence-corrected chi connectivity index (χ0v) is 13.5. The monoisotopic (exact) mass is 310 g/mol. The van der Waals surface area contributed by atoms with Crippen molar-refractivity contribution in [2.45, 2.75) is 43.8 Å². The molecule has 1 fully saturated rings. The molecule has 0 aromatic heterocycles. The number of hydrogen-bond donors (Lipinski definition) is 2. The second-order valence-corrected chi connectivity index (χ2v) is 7.08. The second-order valence-electron chi connectivity index (χ2n) is 5.80. The van der Waals surface area contributed by atoms with E-state index < -0.39 is 5.82 Å². The number of amides is 1. The molecule has 1 aliphatic rings. The summed E-state index contributed by atoms with van der Waals surface area (Å²) in [4.78, 5) is 12.2. The third kappa shape index (κ3) is 3.70. The molecule has 2 rings (SSSR count). The Morgan fingerprint density at radius 1 is 1.38 bits per heavy atom. The van der Waals surface area contributed by atoms with Crippen molar-refractivity contribution in [1.82, 2.24) is 5.32 Å². The van der Waals surface area contributed by atoms with Gasteiger partial charge in [0.15, 0.2) is 0 Å². The highest BCUT2D eigenvalue weighted by Crippen LogP contribution is 2.38. The smallest absolute Gasteiger partial charge is 0.251 e. The van der Waals surface area contributed by atoms with Gasteiger partial charge in [0.2, 0.25) is 0 Å². The summed E-state index contributed by atoms with van der Waals surface area (Å²) in [5.74, 6) is -0.683. The molecule has 0 radical (unpaired) electrons. The van der Waals surface area contributed by atoms with Crippen LogP contribution in [-0.2, 0) is 0 Å². The van der Waals surface area contributed by atoms with Crippen molar-refractivity contribution in [3.63, 3.8) is 0 Å². The number of nitrogen functional groups attached to an aromatic ring is 1. The minimum Gasteiger partial charge on any atom is -0.398 e. The van der Waals surface area contributed by atoms with Gasteiger partial charge in [-0.25, -0.2) is 4.39 Å². The molecule has 0 saturated heterocycles. The van der Waals surface area contributed by atoms with Crippen molar-refractivity contribution < 1.29 is 9.18 Å². The first-order valence-electron chi connectivity index (χ1n) is 7.36. The molecular weight excluding hydrogens is 287 g/mol. The quantitative estimate of drug-likeness (QED) is 0.837. The lowest BCUT2D eigenvalue weighted by molar-refractivity contribution is 0.0946. The number of nitrogens with one attached hydrogen (secondary N) is 1. The number of carbonyl (C=O) groups is 1. The average molecular weight is 310 g/mol. The zero-order chi connectivity index (χ0) is 15.5. The Kier molecular flexibility index (Phi) is 5.14. The summed E-state index contributed by atoms with van der Waals surface area (Å²) in [5, 5.41) is 2.95. The Morgan fingerprint density at radius 2 is 2.05 bits per heavy atom. The molecule has 0 unspecified atom stereocenters. The minimum absolute atomic E-state index is 0.128. The molecule has 1 aromatic carbocycles. The Labute approximate surface area is 129 Å². The van der Waals surface area contributed by atoms with E-state index in [0.29, 0.717) is 23.4 Å². The molecule has 1 aromatic rings. The van der Waals surface area contributed by atoms with Crippen LogP contribution in [0, 0.1) is 12.7 Å². The summed E-state index contributed by atoms with van der Waals surface area (Å²) in [5.41, 5.74) is 6.73. The van der Waals surface area contributed by atoms with Gasteiger partial charge in [-0.1, -0.05) is 19.3 Å². The van der Waals surface area contributed by atoms with E-state index in [-0.39, 0.29) is 10.7 Å². The number of hydrogen-bond acceptors (Lipinski definition) is 3.